The van der Waals surface area contributed by atoms with Gasteiger partial charge in [0.1, 0.15) is 11.5 Å². The van der Waals surface area contributed by atoms with Crippen molar-refractivity contribution in [3.05, 3.63) is 70.9 Å². The molecular weight excluding hydrogens is 444 g/mol. The first kappa shape index (κ1) is 23.5. The van der Waals surface area contributed by atoms with Crippen LogP contribution in [0.2, 0.25) is 0 Å². The van der Waals surface area contributed by atoms with Crippen LogP contribution < -0.4 is 9.47 Å². The molecule has 0 unspecified atom stereocenters. The second kappa shape index (κ2) is 10.1. The van der Waals surface area contributed by atoms with Crippen molar-refractivity contribution < 1.29 is 24.1 Å². The Morgan fingerprint density at radius 2 is 2.14 bits per heavy atom. The third kappa shape index (κ3) is 4.79. The second-order valence-electron chi connectivity index (χ2n) is 9.27. The highest BCUT2D eigenvalue weighted by atomic mass is 16.5. The van der Waals surface area contributed by atoms with E-state index in [0.29, 0.717) is 25.5 Å². The number of methoxy groups -OCH3 is 1. The minimum atomic E-state index is -0.955. The van der Waals surface area contributed by atoms with E-state index in [9.17, 15) is 9.90 Å². The number of aromatic amines is 1. The molecule has 5 rings (SSSR count). The normalized spacial score (nSPS) is 21.9. The molecule has 35 heavy (non-hydrogen) atoms. The zero-order valence-corrected chi connectivity index (χ0v) is 20.3. The molecule has 0 radical (unpaired) electrons. The quantitative estimate of drug-likeness (QED) is 0.501. The molecule has 2 aliphatic heterocycles. The average Bonchev–Trinajstić information content (AvgIpc) is 3.35. The number of nitrogens with zero attached hydrogens (tertiary/aromatic N) is 1. The van der Waals surface area contributed by atoms with E-state index in [1.165, 1.54) is 0 Å². The summed E-state index contributed by atoms with van der Waals surface area (Å²) in [6.45, 7) is 4.72. The molecule has 2 N–H and O–H groups in total. The van der Waals surface area contributed by atoms with Crippen LogP contribution in [0.3, 0.4) is 0 Å². The van der Waals surface area contributed by atoms with Crippen molar-refractivity contribution in [3.63, 3.8) is 0 Å². The molecule has 184 valence electrons. The number of nitrogens with one attached hydrogen (secondary N) is 1. The predicted molar refractivity (Wildman–Crippen MR) is 134 cm³/mol. The molecule has 7 heteroatoms. The molecule has 0 saturated carbocycles. The lowest BCUT2D eigenvalue weighted by molar-refractivity contribution is -0.00866. The van der Waals surface area contributed by atoms with Crippen molar-refractivity contribution in [3.8, 4) is 11.5 Å². The lowest BCUT2D eigenvalue weighted by Gasteiger charge is -2.40. The van der Waals surface area contributed by atoms with Crippen LogP contribution in [0.4, 0.5) is 0 Å². The molecule has 2 atom stereocenters. The van der Waals surface area contributed by atoms with Crippen LogP contribution in [-0.2, 0) is 11.3 Å². The van der Waals surface area contributed by atoms with Gasteiger partial charge in [-0.15, -0.1) is 0 Å². The number of hydrogen-bond acceptors (Lipinski definition) is 5. The Morgan fingerprint density at radius 1 is 1.26 bits per heavy atom. The monoisotopic (exact) mass is 476 g/mol. The maximum atomic E-state index is 11.7. The Balaban J connectivity index is 1.56. The van der Waals surface area contributed by atoms with E-state index in [4.69, 9.17) is 14.2 Å². The minimum absolute atomic E-state index is 0.0232. The summed E-state index contributed by atoms with van der Waals surface area (Å²) in [5.74, 6) is 0.560. The van der Waals surface area contributed by atoms with Gasteiger partial charge in [-0.3, -0.25) is 4.90 Å². The summed E-state index contributed by atoms with van der Waals surface area (Å²) >= 11 is 0. The van der Waals surface area contributed by atoms with Crippen LogP contribution in [0, 0.1) is 6.92 Å². The van der Waals surface area contributed by atoms with E-state index < -0.39 is 5.97 Å². The van der Waals surface area contributed by atoms with Crippen molar-refractivity contribution in [2.45, 2.75) is 44.9 Å². The number of piperidine rings is 1. The lowest BCUT2D eigenvalue weighted by atomic mass is 9.90. The van der Waals surface area contributed by atoms with E-state index in [1.807, 2.05) is 18.3 Å². The highest BCUT2D eigenvalue weighted by Gasteiger charge is 2.33. The van der Waals surface area contributed by atoms with Crippen LogP contribution >= 0.6 is 0 Å². The molecule has 7 nitrogen and oxygen atoms in total. The van der Waals surface area contributed by atoms with Gasteiger partial charge < -0.3 is 24.3 Å². The number of carboxylic acids is 1. The summed E-state index contributed by atoms with van der Waals surface area (Å²) in [5.41, 5.74) is 4.66. The van der Waals surface area contributed by atoms with Crippen LogP contribution in [0.1, 0.15) is 52.4 Å². The molecule has 3 aromatic rings. The van der Waals surface area contributed by atoms with Crippen molar-refractivity contribution in [1.82, 2.24) is 9.88 Å². The van der Waals surface area contributed by atoms with Gasteiger partial charge in [0.25, 0.3) is 0 Å². The van der Waals surface area contributed by atoms with Crippen molar-refractivity contribution >= 4 is 16.9 Å². The molecule has 0 spiro atoms. The molecule has 0 amide bonds. The van der Waals surface area contributed by atoms with Crippen LogP contribution in [0.25, 0.3) is 10.9 Å². The van der Waals surface area contributed by atoms with E-state index in [2.05, 4.69) is 35.0 Å². The first-order valence-corrected chi connectivity index (χ1v) is 12.2. The summed E-state index contributed by atoms with van der Waals surface area (Å²) < 4.78 is 18.2. The Bertz CT molecular complexity index is 1250. The highest BCUT2D eigenvalue weighted by Crippen LogP contribution is 2.41. The van der Waals surface area contributed by atoms with Crippen LogP contribution in [0.15, 0.2) is 48.7 Å². The Hall–Kier alpha value is -3.29. The third-order valence-electron chi connectivity index (χ3n) is 7.11. The first-order chi connectivity index (χ1) is 17.0. The zero-order chi connectivity index (χ0) is 24.4. The number of carbonyl (C=O) groups is 1. The summed E-state index contributed by atoms with van der Waals surface area (Å²) in [7, 11) is 1.72. The Kier molecular flexibility index (Phi) is 6.79. The number of likely N-dealkylation sites (tertiary alicyclic amines) is 1. The third-order valence-corrected chi connectivity index (χ3v) is 7.11. The van der Waals surface area contributed by atoms with E-state index >= 15 is 0 Å². The number of aromatic carboxylic acids is 1. The molecule has 1 saturated heterocycles. The largest absolute Gasteiger partial charge is 0.496 e. The van der Waals surface area contributed by atoms with Crippen molar-refractivity contribution in [2.75, 3.05) is 26.9 Å². The number of benzene rings is 2. The van der Waals surface area contributed by atoms with Gasteiger partial charge in [-0.25, -0.2) is 4.79 Å². The number of aryl methyl sites for hydroxylation is 1. The summed E-state index contributed by atoms with van der Waals surface area (Å²) in [5, 5.41) is 10.7. The van der Waals surface area contributed by atoms with Crippen LogP contribution in [-0.4, -0.2) is 53.9 Å². The van der Waals surface area contributed by atoms with Gasteiger partial charge in [-0.1, -0.05) is 18.2 Å². The fourth-order valence-corrected chi connectivity index (χ4v) is 5.31. The number of ether oxygens (including phenoxy) is 3. The first-order valence-electron chi connectivity index (χ1n) is 12.2. The summed E-state index contributed by atoms with van der Waals surface area (Å²) in [6.07, 6.45) is 8.67. The molecule has 1 fully saturated rings. The van der Waals surface area contributed by atoms with Gasteiger partial charge in [0.2, 0.25) is 0 Å². The van der Waals surface area contributed by atoms with Gasteiger partial charge in [-0.05, 0) is 56.0 Å². The number of aromatic nitrogens is 1. The van der Waals surface area contributed by atoms with Gasteiger partial charge in [0.05, 0.1) is 32.0 Å². The Labute approximate surface area is 205 Å². The van der Waals surface area contributed by atoms with E-state index in [-0.39, 0.29) is 17.7 Å². The number of hydrogen-bond donors (Lipinski definition) is 2. The molecule has 0 aliphatic carbocycles. The smallest absolute Gasteiger partial charge is 0.335 e. The maximum Gasteiger partial charge on any atom is 0.335 e. The fourth-order valence-electron chi connectivity index (χ4n) is 5.31. The molecule has 2 bridgehead atoms. The average molecular weight is 477 g/mol. The Morgan fingerprint density at radius 3 is 2.97 bits per heavy atom. The lowest BCUT2D eigenvalue weighted by Crippen LogP contribution is -2.39. The van der Waals surface area contributed by atoms with Gasteiger partial charge in [0, 0.05) is 47.4 Å². The molecule has 1 aromatic heterocycles. The van der Waals surface area contributed by atoms with E-state index in [1.54, 1.807) is 19.2 Å². The summed E-state index contributed by atoms with van der Waals surface area (Å²) in [6, 6.07) is 9.48. The number of carboxylic acid groups (broad SMARTS) is 1. The SMILES string of the molecule is COc1cc(C)c2[nH]ccc2c1CN1CC[C@H]2C[C@H]1c1ccc(C(=O)O)cc1OCC/C=C\CO2. The van der Waals surface area contributed by atoms with Gasteiger partial charge >= 0.3 is 5.97 Å². The van der Waals surface area contributed by atoms with Crippen LogP contribution in [0.5, 0.6) is 11.5 Å². The number of H-pyrrole nitrogens is 1. The summed E-state index contributed by atoms with van der Waals surface area (Å²) in [4.78, 5) is 17.5. The molecule has 2 aromatic carbocycles. The standard InChI is InChI=1S/C28H32N2O5/c1-18-14-25(33-2)23(21-8-10-29-27(18)21)17-30-11-9-20-16-24(30)22-7-6-19(28(31)32)15-26(22)35-13-5-3-4-12-34-20/h3-4,6-8,10,14-15,20,24,29H,5,9,11-13,16-17H2,1-2H3,(H,31,32)/b4-3-/t20-,24-/m0/s1. The van der Waals surface area contributed by atoms with E-state index in [0.717, 1.165) is 59.2 Å². The highest BCUT2D eigenvalue weighted by molar-refractivity contribution is 5.89. The molecular formula is C28H32N2O5. The minimum Gasteiger partial charge on any atom is -0.496 e. The predicted octanol–water partition coefficient (Wildman–Crippen LogP) is 5.24. The van der Waals surface area contributed by atoms with Gasteiger partial charge in [-0.2, -0.15) is 0 Å². The van der Waals surface area contributed by atoms with Crippen molar-refractivity contribution in [1.29, 1.82) is 0 Å². The van der Waals surface area contributed by atoms with Crippen molar-refractivity contribution in [2.24, 2.45) is 0 Å². The number of rotatable bonds is 4. The molecule has 3 heterocycles. The van der Waals surface area contributed by atoms with Gasteiger partial charge in [0.15, 0.2) is 0 Å². The second-order valence-corrected chi connectivity index (χ2v) is 9.27. The number of fused-ring (bicyclic) bond motifs is 5. The molecule has 2 aliphatic rings. The fraction of sp³-hybridized carbons (Fsp3) is 0.393. The topological polar surface area (TPSA) is 84.0 Å². The zero-order valence-electron chi connectivity index (χ0n) is 20.3. The maximum absolute atomic E-state index is 11.7.